The van der Waals surface area contributed by atoms with E-state index < -0.39 is 17.8 Å². The van der Waals surface area contributed by atoms with Crippen molar-refractivity contribution in [3.8, 4) is 0 Å². The predicted octanol–water partition coefficient (Wildman–Crippen LogP) is 1.79. The second-order valence-electron chi connectivity index (χ2n) is 4.56. The molecule has 0 heterocycles. The molecule has 4 heteroatoms. The SMILES string of the molecule is C=CC(O)C(C)N(C)C(=O)OC(C)(C)C. The van der Waals surface area contributed by atoms with Gasteiger partial charge in [0.2, 0.25) is 0 Å². The van der Waals surface area contributed by atoms with Gasteiger partial charge in [0.15, 0.2) is 0 Å². The van der Waals surface area contributed by atoms with Crippen molar-refractivity contribution in [2.24, 2.45) is 0 Å². The molecule has 88 valence electrons. The lowest BCUT2D eigenvalue weighted by Gasteiger charge is -2.30. The topological polar surface area (TPSA) is 49.8 Å². The Morgan fingerprint density at radius 1 is 1.53 bits per heavy atom. The van der Waals surface area contributed by atoms with Crippen LogP contribution in [0.3, 0.4) is 0 Å². The normalized spacial score (nSPS) is 15.3. The molecule has 0 aromatic rings. The van der Waals surface area contributed by atoms with Crippen molar-refractivity contribution >= 4 is 6.09 Å². The lowest BCUT2D eigenvalue weighted by molar-refractivity contribution is 0.0119. The first-order chi connectivity index (χ1) is 6.69. The second kappa shape index (κ2) is 5.16. The summed E-state index contributed by atoms with van der Waals surface area (Å²) in [5, 5.41) is 9.48. The molecule has 0 fully saturated rings. The number of carbonyl (C=O) groups excluding carboxylic acids is 1. The summed E-state index contributed by atoms with van der Waals surface area (Å²) >= 11 is 0. The van der Waals surface area contributed by atoms with Gasteiger partial charge in [0.05, 0.1) is 12.1 Å². The van der Waals surface area contributed by atoms with E-state index in [0.717, 1.165) is 0 Å². The van der Waals surface area contributed by atoms with E-state index in [0.29, 0.717) is 0 Å². The highest BCUT2D eigenvalue weighted by Gasteiger charge is 2.25. The van der Waals surface area contributed by atoms with Crippen molar-refractivity contribution in [2.75, 3.05) is 7.05 Å². The highest BCUT2D eigenvalue weighted by molar-refractivity contribution is 5.68. The van der Waals surface area contributed by atoms with Crippen LogP contribution < -0.4 is 0 Å². The maximum absolute atomic E-state index is 11.6. The first-order valence-corrected chi connectivity index (χ1v) is 4.95. The summed E-state index contributed by atoms with van der Waals surface area (Å²) in [6.45, 7) is 10.6. The molecule has 2 unspecified atom stereocenters. The summed E-state index contributed by atoms with van der Waals surface area (Å²) in [4.78, 5) is 12.9. The first kappa shape index (κ1) is 14.0. The zero-order chi connectivity index (χ0) is 12.2. The van der Waals surface area contributed by atoms with Crippen LogP contribution in [-0.4, -0.2) is 40.9 Å². The molecule has 15 heavy (non-hydrogen) atoms. The Balaban J connectivity index is 4.38. The molecule has 0 saturated carbocycles. The number of nitrogens with zero attached hydrogens (tertiary/aromatic N) is 1. The van der Waals surface area contributed by atoms with Crippen molar-refractivity contribution < 1.29 is 14.6 Å². The fourth-order valence-electron chi connectivity index (χ4n) is 0.926. The van der Waals surface area contributed by atoms with Gasteiger partial charge in [-0.1, -0.05) is 6.08 Å². The van der Waals surface area contributed by atoms with Gasteiger partial charge in [0.1, 0.15) is 5.60 Å². The summed E-state index contributed by atoms with van der Waals surface area (Å²) in [7, 11) is 1.59. The Hall–Kier alpha value is -1.03. The van der Waals surface area contributed by atoms with Gasteiger partial charge in [-0.2, -0.15) is 0 Å². The predicted molar refractivity (Wildman–Crippen MR) is 59.7 cm³/mol. The van der Waals surface area contributed by atoms with Gasteiger partial charge in [-0.3, -0.25) is 0 Å². The smallest absolute Gasteiger partial charge is 0.410 e. The van der Waals surface area contributed by atoms with Crippen molar-refractivity contribution in [1.29, 1.82) is 0 Å². The molecule has 2 atom stereocenters. The molecular weight excluding hydrogens is 194 g/mol. The minimum atomic E-state index is -0.748. The average Bonchev–Trinajstić information content (AvgIpc) is 2.11. The van der Waals surface area contributed by atoms with Crippen LogP contribution in [-0.2, 0) is 4.74 Å². The largest absolute Gasteiger partial charge is 0.444 e. The van der Waals surface area contributed by atoms with Crippen molar-refractivity contribution in [1.82, 2.24) is 4.90 Å². The number of likely N-dealkylation sites (N-methyl/N-ethyl adjacent to an activating group) is 1. The van der Waals surface area contributed by atoms with E-state index in [2.05, 4.69) is 6.58 Å². The number of carbonyl (C=O) groups is 1. The van der Waals surface area contributed by atoms with Crippen LogP contribution in [0.4, 0.5) is 4.79 Å². The molecule has 4 nitrogen and oxygen atoms in total. The van der Waals surface area contributed by atoms with Gasteiger partial charge in [0, 0.05) is 7.05 Å². The third kappa shape index (κ3) is 4.83. The number of amides is 1. The Kier molecular flexibility index (Phi) is 4.81. The monoisotopic (exact) mass is 215 g/mol. The van der Waals surface area contributed by atoms with E-state index in [4.69, 9.17) is 4.74 Å². The lowest BCUT2D eigenvalue weighted by Crippen LogP contribution is -2.44. The molecule has 1 N–H and O–H groups in total. The van der Waals surface area contributed by atoms with E-state index in [1.807, 2.05) is 0 Å². The van der Waals surface area contributed by atoms with Gasteiger partial charge in [-0.05, 0) is 27.7 Å². The Bertz CT molecular complexity index is 232. The van der Waals surface area contributed by atoms with Crippen LogP contribution >= 0.6 is 0 Å². The van der Waals surface area contributed by atoms with Crippen LogP contribution in [0.5, 0.6) is 0 Å². The van der Waals surface area contributed by atoms with Crippen LogP contribution in [0.1, 0.15) is 27.7 Å². The van der Waals surface area contributed by atoms with Crippen molar-refractivity contribution in [3.05, 3.63) is 12.7 Å². The van der Waals surface area contributed by atoms with Crippen LogP contribution in [0.2, 0.25) is 0 Å². The fraction of sp³-hybridized carbons (Fsp3) is 0.727. The van der Waals surface area contributed by atoms with Gasteiger partial charge < -0.3 is 14.7 Å². The van der Waals surface area contributed by atoms with Crippen LogP contribution in [0.15, 0.2) is 12.7 Å². The Morgan fingerprint density at radius 3 is 2.33 bits per heavy atom. The molecule has 0 aliphatic heterocycles. The first-order valence-electron chi connectivity index (χ1n) is 4.95. The van der Waals surface area contributed by atoms with Crippen LogP contribution in [0, 0.1) is 0 Å². The minimum Gasteiger partial charge on any atom is -0.444 e. The third-order valence-corrected chi connectivity index (χ3v) is 2.03. The van der Waals surface area contributed by atoms with E-state index in [9.17, 15) is 9.90 Å². The zero-order valence-corrected chi connectivity index (χ0v) is 10.2. The van der Waals surface area contributed by atoms with E-state index in [1.165, 1.54) is 11.0 Å². The maximum atomic E-state index is 11.6. The molecule has 0 radical (unpaired) electrons. The fourth-order valence-corrected chi connectivity index (χ4v) is 0.926. The summed E-state index contributed by atoms with van der Waals surface area (Å²) in [5.41, 5.74) is -0.524. The van der Waals surface area contributed by atoms with Gasteiger partial charge in [-0.15, -0.1) is 6.58 Å². The molecule has 0 aromatic heterocycles. The van der Waals surface area contributed by atoms with Gasteiger partial charge in [0.25, 0.3) is 0 Å². The number of aliphatic hydroxyl groups is 1. The number of aliphatic hydroxyl groups excluding tert-OH is 1. The molecule has 0 aliphatic rings. The molecule has 0 aromatic carbocycles. The molecule has 0 rings (SSSR count). The van der Waals surface area contributed by atoms with Gasteiger partial charge >= 0.3 is 6.09 Å². The Labute approximate surface area is 91.5 Å². The van der Waals surface area contributed by atoms with E-state index in [1.54, 1.807) is 34.7 Å². The Morgan fingerprint density at radius 2 is 2.00 bits per heavy atom. The third-order valence-electron chi connectivity index (χ3n) is 2.03. The van der Waals surface area contributed by atoms with Gasteiger partial charge in [-0.25, -0.2) is 4.79 Å². The molecule has 0 bridgehead atoms. The molecular formula is C11H21NO3. The molecule has 0 aliphatic carbocycles. The number of hydrogen-bond acceptors (Lipinski definition) is 3. The summed E-state index contributed by atoms with van der Waals surface area (Å²) in [6, 6.07) is -0.350. The molecule has 1 amide bonds. The molecule has 0 spiro atoms. The number of rotatable bonds is 3. The zero-order valence-electron chi connectivity index (χ0n) is 10.2. The number of hydrogen-bond donors (Lipinski definition) is 1. The highest BCUT2D eigenvalue weighted by Crippen LogP contribution is 2.12. The van der Waals surface area contributed by atoms with Crippen molar-refractivity contribution in [2.45, 2.75) is 45.4 Å². The number of ether oxygens (including phenoxy) is 1. The maximum Gasteiger partial charge on any atom is 0.410 e. The quantitative estimate of drug-likeness (QED) is 0.730. The minimum absolute atomic E-state index is 0.350. The van der Waals surface area contributed by atoms with Crippen LogP contribution in [0.25, 0.3) is 0 Å². The lowest BCUT2D eigenvalue weighted by atomic mass is 10.1. The van der Waals surface area contributed by atoms with E-state index in [-0.39, 0.29) is 6.04 Å². The highest BCUT2D eigenvalue weighted by atomic mass is 16.6. The van der Waals surface area contributed by atoms with E-state index >= 15 is 0 Å². The summed E-state index contributed by atoms with van der Waals surface area (Å²) < 4.78 is 5.16. The second-order valence-corrected chi connectivity index (χ2v) is 4.56. The molecule has 0 saturated heterocycles. The van der Waals surface area contributed by atoms with Crippen molar-refractivity contribution in [3.63, 3.8) is 0 Å². The summed E-state index contributed by atoms with van der Waals surface area (Å²) in [5.74, 6) is 0. The standard InChI is InChI=1S/C11H21NO3/c1-7-9(13)8(2)12(6)10(14)15-11(3,4)5/h7-9,13H,1H2,2-6H3. The summed E-state index contributed by atoms with van der Waals surface area (Å²) in [6.07, 6.45) is 0.198. The average molecular weight is 215 g/mol.